The molecule has 0 spiro atoms. The molecule has 0 fully saturated rings. The van der Waals surface area contributed by atoms with Gasteiger partial charge in [-0.1, -0.05) is 84.1 Å². The zero-order valence-electron chi connectivity index (χ0n) is 8.94. The Balaban J connectivity index is 3.93. The van der Waals surface area contributed by atoms with Crippen LogP contribution < -0.4 is 0 Å². The van der Waals surface area contributed by atoms with Crippen LogP contribution in [-0.4, -0.2) is 13.8 Å². The van der Waals surface area contributed by atoms with Gasteiger partial charge in [0.15, 0.2) is 3.79 Å². The Labute approximate surface area is 110 Å². The predicted molar refractivity (Wildman–Crippen MR) is 73.9 cm³/mol. The van der Waals surface area contributed by atoms with Gasteiger partial charge in [-0.05, 0) is 6.42 Å². The van der Waals surface area contributed by atoms with Crippen molar-refractivity contribution in [2.75, 3.05) is 0 Å². The molecule has 0 heterocycles. The van der Waals surface area contributed by atoms with Crippen molar-refractivity contribution in [3.8, 4) is 0 Å². The van der Waals surface area contributed by atoms with E-state index in [2.05, 4.69) is 27.7 Å². The van der Waals surface area contributed by atoms with Crippen molar-refractivity contribution in [3.05, 3.63) is 0 Å². The fourth-order valence-electron chi connectivity index (χ4n) is 0.717. The molecule has 0 aromatic carbocycles. The van der Waals surface area contributed by atoms with Crippen LogP contribution in [0, 0.1) is 0 Å². The summed E-state index contributed by atoms with van der Waals surface area (Å²) in [5, 5.41) is 0.409. The molecule has 1 atom stereocenters. The average Bonchev–Trinajstić information content (AvgIpc) is 1.94. The first-order valence-electron chi connectivity index (χ1n) is 4.55. The Hall–Kier alpha value is 1.57. The molecule has 0 aliphatic carbocycles. The molecule has 0 aromatic heterocycles. The minimum Gasteiger partial charge on any atom is -0.0900 e. The molecule has 0 amide bonds. The minimum atomic E-state index is -1.12. The number of rotatable bonds is 4. The van der Waals surface area contributed by atoms with Crippen LogP contribution in [0.4, 0.5) is 0 Å². The van der Waals surface area contributed by atoms with Crippen LogP contribution in [0.3, 0.4) is 0 Å². The first-order chi connectivity index (χ1) is 6.14. The first-order valence-corrected chi connectivity index (χ1v) is 7.90. The lowest BCUT2D eigenvalue weighted by molar-refractivity contribution is 0.755. The number of hydrogen-bond donors (Lipinski definition) is 0. The van der Waals surface area contributed by atoms with Crippen molar-refractivity contribution in [3.63, 3.8) is 0 Å². The Morgan fingerprint density at radius 3 is 1.93 bits per heavy atom. The van der Waals surface area contributed by atoms with E-state index < -0.39 is 3.79 Å². The van der Waals surface area contributed by atoms with E-state index in [1.807, 2.05) is 21.6 Å². The van der Waals surface area contributed by atoms with Gasteiger partial charge in [-0.25, -0.2) is 0 Å². The molecule has 0 radical (unpaired) electrons. The molecule has 0 aliphatic heterocycles. The maximum atomic E-state index is 5.76. The molecule has 0 saturated carbocycles. The van der Waals surface area contributed by atoms with Crippen molar-refractivity contribution < 1.29 is 0 Å². The van der Waals surface area contributed by atoms with Crippen molar-refractivity contribution in [2.45, 2.75) is 54.3 Å². The first kappa shape index (κ1) is 15.6. The van der Waals surface area contributed by atoms with Crippen LogP contribution in [0.1, 0.15) is 40.5 Å². The van der Waals surface area contributed by atoms with E-state index in [1.54, 1.807) is 0 Å². The summed E-state index contributed by atoms with van der Waals surface area (Å²) in [5.41, 5.74) is 0. The van der Waals surface area contributed by atoms with Crippen LogP contribution >= 0.6 is 56.4 Å². The molecule has 0 N–H and O–H groups in total. The SMILES string of the molecule is CCC(CC(Cl)(Cl)Cl)SSC(C)(C)C. The van der Waals surface area contributed by atoms with E-state index in [1.165, 1.54) is 0 Å². The fraction of sp³-hybridized carbons (Fsp3) is 1.00. The zero-order chi connectivity index (χ0) is 11.4. The van der Waals surface area contributed by atoms with Gasteiger partial charge in [-0.3, -0.25) is 0 Å². The molecule has 0 saturated heterocycles. The summed E-state index contributed by atoms with van der Waals surface area (Å²) in [7, 11) is 3.67. The summed E-state index contributed by atoms with van der Waals surface area (Å²) < 4.78 is -0.863. The van der Waals surface area contributed by atoms with Gasteiger partial charge in [0.05, 0.1) is 0 Å². The maximum Gasteiger partial charge on any atom is 0.191 e. The van der Waals surface area contributed by atoms with Crippen molar-refractivity contribution in [1.82, 2.24) is 0 Å². The van der Waals surface area contributed by atoms with E-state index in [4.69, 9.17) is 34.8 Å². The monoisotopic (exact) mass is 294 g/mol. The van der Waals surface area contributed by atoms with Crippen molar-refractivity contribution in [2.24, 2.45) is 0 Å². The Kier molecular flexibility index (Phi) is 7.05. The van der Waals surface area contributed by atoms with E-state index in [9.17, 15) is 0 Å². The maximum absolute atomic E-state index is 5.76. The lowest BCUT2D eigenvalue weighted by atomic mass is 10.3. The number of halogens is 3. The quantitative estimate of drug-likeness (QED) is 0.481. The molecule has 0 nitrogen and oxygen atoms in total. The number of hydrogen-bond acceptors (Lipinski definition) is 2. The molecule has 86 valence electrons. The summed E-state index contributed by atoms with van der Waals surface area (Å²) in [6.45, 7) is 8.68. The van der Waals surface area contributed by atoms with E-state index >= 15 is 0 Å². The standard InChI is InChI=1S/C9H17Cl3S2/c1-5-7(6-9(10,11)12)13-14-8(2,3)4/h7H,5-6H2,1-4H3. The van der Waals surface area contributed by atoms with Gasteiger partial charge in [0, 0.05) is 16.4 Å². The second-order valence-electron chi connectivity index (χ2n) is 4.14. The van der Waals surface area contributed by atoms with Crippen molar-refractivity contribution in [1.29, 1.82) is 0 Å². The summed E-state index contributed by atoms with van der Waals surface area (Å²) in [6, 6.07) is 0. The van der Waals surface area contributed by atoms with Crippen LogP contribution in [0.15, 0.2) is 0 Å². The van der Waals surface area contributed by atoms with Crippen LogP contribution in [-0.2, 0) is 0 Å². The van der Waals surface area contributed by atoms with Crippen LogP contribution in [0.2, 0.25) is 0 Å². The van der Waals surface area contributed by atoms with E-state index in [-0.39, 0.29) is 4.75 Å². The van der Waals surface area contributed by atoms with Crippen molar-refractivity contribution >= 4 is 56.4 Å². The van der Waals surface area contributed by atoms with Gasteiger partial charge in [0.1, 0.15) is 0 Å². The third kappa shape index (κ3) is 10.1. The van der Waals surface area contributed by atoms with Gasteiger partial charge in [0.25, 0.3) is 0 Å². The molecule has 1 unspecified atom stereocenters. The molecule has 0 aromatic rings. The normalized spacial score (nSPS) is 15.6. The summed E-state index contributed by atoms with van der Waals surface area (Å²) in [5.74, 6) is 0. The minimum absolute atomic E-state index is 0.256. The lowest BCUT2D eigenvalue weighted by Crippen LogP contribution is -2.14. The van der Waals surface area contributed by atoms with E-state index in [0.29, 0.717) is 11.7 Å². The van der Waals surface area contributed by atoms with Crippen LogP contribution in [0.25, 0.3) is 0 Å². The average molecular weight is 296 g/mol. The smallest absolute Gasteiger partial charge is 0.0900 e. The summed E-state index contributed by atoms with van der Waals surface area (Å²) in [6.07, 6.45) is 1.64. The van der Waals surface area contributed by atoms with Crippen LogP contribution in [0.5, 0.6) is 0 Å². The molecule has 14 heavy (non-hydrogen) atoms. The van der Waals surface area contributed by atoms with Gasteiger partial charge in [-0.15, -0.1) is 0 Å². The molecular formula is C9H17Cl3S2. The highest BCUT2D eigenvalue weighted by molar-refractivity contribution is 8.77. The highest BCUT2D eigenvalue weighted by Crippen LogP contribution is 2.44. The Bertz CT molecular complexity index is 160. The molecule has 5 heteroatoms. The Morgan fingerprint density at radius 1 is 1.14 bits per heavy atom. The zero-order valence-corrected chi connectivity index (χ0v) is 12.8. The largest absolute Gasteiger partial charge is 0.191 e. The van der Waals surface area contributed by atoms with Gasteiger partial charge in [0.2, 0.25) is 0 Å². The highest BCUT2D eigenvalue weighted by atomic mass is 35.6. The van der Waals surface area contributed by atoms with E-state index in [0.717, 1.165) is 6.42 Å². The topological polar surface area (TPSA) is 0 Å². The third-order valence-electron chi connectivity index (χ3n) is 1.35. The fourth-order valence-corrected chi connectivity index (χ4v) is 4.32. The third-order valence-corrected chi connectivity index (χ3v) is 5.79. The van der Waals surface area contributed by atoms with Gasteiger partial charge in [-0.2, -0.15) is 0 Å². The predicted octanol–water partition coefficient (Wildman–Crippen LogP) is 5.71. The lowest BCUT2D eigenvalue weighted by Gasteiger charge is -2.23. The second-order valence-corrected chi connectivity index (χ2v) is 9.99. The summed E-state index contributed by atoms with van der Waals surface area (Å²) in [4.78, 5) is 0. The molecule has 0 bridgehead atoms. The van der Waals surface area contributed by atoms with Gasteiger partial charge < -0.3 is 0 Å². The molecular weight excluding hydrogens is 279 g/mol. The number of alkyl halides is 3. The Morgan fingerprint density at radius 2 is 1.64 bits per heavy atom. The molecule has 0 rings (SSSR count). The van der Waals surface area contributed by atoms with Gasteiger partial charge >= 0.3 is 0 Å². The second kappa shape index (κ2) is 6.34. The molecule has 0 aliphatic rings. The summed E-state index contributed by atoms with van der Waals surface area (Å²) >= 11 is 17.3. The highest BCUT2D eigenvalue weighted by Gasteiger charge is 2.26.